The van der Waals surface area contributed by atoms with E-state index in [1.165, 1.54) is 5.56 Å². The predicted molar refractivity (Wildman–Crippen MR) is 73.2 cm³/mol. The van der Waals surface area contributed by atoms with Crippen molar-refractivity contribution in [1.82, 2.24) is 0 Å². The molecule has 1 rings (SSSR count). The maximum Gasteiger partial charge on any atom is 0.140 e. The SMILES string of the molecule is CC(C)c1ccc(CC(=O)C(C)C(C)C)cc1. The Morgan fingerprint density at radius 3 is 1.94 bits per heavy atom. The van der Waals surface area contributed by atoms with E-state index in [0.717, 1.165) is 5.56 Å². The first-order valence-electron chi connectivity index (χ1n) is 6.53. The summed E-state index contributed by atoms with van der Waals surface area (Å²) in [6.45, 7) is 10.6. The Bertz CT molecular complexity index is 360. The molecule has 0 spiro atoms. The molecule has 0 radical (unpaired) electrons. The molecule has 0 N–H and O–H groups in total. The molecule has 0 amide bonds. The molecule has 94 valence electrons. The van der Waals surface area contributed by atoms with Gasteiger partial charge in [0.1, 0.15) is 5.78 Å². The van der Waals surface area contributed by atoms with Gasteiger partial charge < -0.3 is 0 Å². The Kier molecular flexibility index (Phi) is 4.92. The summed E-state index contributed by atoms with van der Waals surface area (Å²) in [4.78, 5) is 12.0. The molecular weight excluding hydrogens is 208 g/mol. The summed E-state index contributed by atoms with van der Waals surface area (Å²) in [5.74, 6) is 1.48. The van der Waals surface area contributed by atoms with Gasteiger partial charge in [0.05, 0.1) is 0 Å². The highest BCUT2D eigenvalue weighted by Crippen LogP contribution is 2.17. The Labute approximate surface area is 105 Å². The topological polar surface area (TPSA) is 17.1 Å². The minimum absolute atomic E-state index is 0.153. The normalized spacial score (nSPS) is 13.1. The van der Waals surface area contributed by atoms with E-state index in [-0.39, 0.29) is 5.92 Å². The minimum atomic E-state index is 0.153. The van der Waals surface area contributed by atoms with Gasteiger partial charge in [0.25, 0.3) is 0 Å². The van der Waals surface area contributed by atoms with Gasteiger partial charge >= 0.3 is 0 Å². The summed E-state index contributed by atoms with van der Waals surface area (Å²) in [6, 6.07) is 8.43. The number of ketones is 1. The van der Waals surface area contributed by atoms with E-state index in [9.17, 15) is 4.79 Å². The zero-order chi connectivity index (χ0) is 13.0. The number of hydrogen-bond donors (Lipinski definition) is 0. The Hall–Kier alpha value is -1.11. The van der Waals surface area contributed by atoms with E-state index in [0.29, 0.717) is 24.0 Å². The molecular formula is C16H24O. The summed E-state index contributed by atoms with van der Waals surface area (Å²) in [7, 11) is 0. The van der Waals surface area contributed by atoms with Crippen molar-refractivity contribution in [3.8, 4) is 0 Å². The fourth-order valence-electron chi connectivity index (χ4n) is 1.75. The van der Waals surface area contributed by atoms with Crippen molar-refractivity contribution < 1.29 is 4.79 Å². The van der Waals surface area contributed by atoms with Crippen LogP contribution < -0.4 is 0 Å². The summed E-state index contributed by atoms with van der Waals surface area (Å²) < 4.78 is 0. The van der Waals surface area contributed by atoms with E-state index in [4.69, 9.17) is 0 Å². The fourth-order valence-corrected chi connectivity index (χ4v) is 1.75. The molecule has 0 saturated heterocycles. The third kappa shape index (κ3) is 3.99. The fraction of sp³-hybridized carbons (Fsp3) is 0.562. The second kappa shape index (κ2) is 6.00. The summed E-state index contributed by atoms with van der Waals surface area (Å²) in [6.07, 6.45) is 0.567. The van der Waals surface area contributed by atoms with Gasteiger partial charge in [0.2, 0.25) is 0 Å². The number of carbonyl (C=O) groups is 1. The lowest BCUT2D eigenvalue weighted by molar-refractivity contribution is -0.122. The molecule has 1 nitrogen and oxygen atoms in total. The van der Waals surface area contributed by atoms with Gasteiger partial charge in [-0.3, -0.25) is 4.79 Å². The second-order valence-corrected chi connectivity index (χ2v) is 5.57. The number of carbonyl (C=O) groups excluding carboxylic acids is 1. The summed E-state index contributed by atoms with van der Waals surface area (Å²) in [5, 5.41) is 0. The number of hydrogen-bond acceptors (Lipinski definition) is 1. The monoisotopic (exact) mass is 232 g/mol. The zero-order valence-corrected chi connectivity index (χ0v) is 11.7. The molecule has 0 saturated carbocycles. The quantitative estimate of drug-likeness (QED) is 0.743. The zero-order valence-electron chi connectivity index (χ0n) is 11.7. The third-order valence-corrected chi connectivity index (χ3v) is 3.53. The van der Waals surface area contributed by atoms with Crippen LogP contribution in [0.4, 0.5) is 0 Å². The molecule has 0 aromatic heterocycles. The maximum absolute atomic E-state index is 12.0. The second-order valence-electron chi connectivity index (χ2n) is 5.57. The molecule has 1 aromatic carbocycles. The molecule has 17 heavy (non-hydrogen) atoms. The van der Waals surface area contributed by atoms with Crippen LogP contribution in [-0.2, 0) is 11.2 Å². The van der Waals surface area contributed by atoms with E-state index in [2.05, 4.69) is 52.0 Å². The first kappa shape index (κ1) is 14.0. The van der Waals surface area contributed by atoms with Crippen molar-refractivity contribution in [1.29, 1.82) is 0 Å². The molecule has 0 aliphatic rings. The van der Waals surface area contributed by atoms with Crippen LogP contribution in [0.3, 0.4) is 0 Å². The minimum Gasteiger partial charge on any atom is -0.299 e. The smallest absolute Gasteiger partial charge is 0.140 e. The Morgan fingerprint density at radius 1 is 1.00 bits per heavy atom. The maximum atomic E-state index is 12.0. The van der Waals surface area contributed by atoms with Crippen LogP contribution in [0.25, 0.3) is 0 Å². The average Bonchev–Trinajstić information content (AvgIpc) is 2.28. The van der Waals surface area contributed by atoms with Gasteiger partial charge in [-0.2, -0.15) is 0 Å². The van der Waals surface area contributed by atoms with Gasteiger partial charge in [-0.25, -0.2) is 0 Å². The lowest BCUT2D eigenvalue weighted by Gasteiger charge is -2.14. The molecule has 0 fully saturated rings. The predicted octanol–water partition coefficient (Wildman–Crippen LogP) is 4.21. The molecule has 1 atom stereocenters. The Balaban J connectivity index is 2.66. The van der Waals surface area contributed by atoms with Crippen molar-refractivity contribution in [2.45, 2.75) is 47.0 Å². The largest absolute Gasteiger partial charge is 0.299 e. The first-order valence-corrected chi connectivity index (χ1v) is 6.53. The lowest BCUT2D eigenvalue weighted by atomic mass is 9.90. The standard InChI is InChI=1S/C16H24O/c1-11(2)13(5)16(17)10-14-6-8-15(9-7-14)12(3)4/h6-9,11-13H,10H2,1-5H3. The van der Waals surface area contributed by atoms with Gasteiger partial charge in [0, 0.05) is 12.3 Å². The van der Waals surface area contributed by atoms with Crippen LogP contribution in [0.15, 0.2) is 24.3 Å². The van der Waals surface area contributed by atoms with Crippen molar-refractivity contribution in [3.63, 3.8) is 0 Å². The lowest BCUT2D eigenvalue weighted by Crippen LogP contribution is -2.18. The van der Waals surface area contributed by atoms with Crippen LogP contribution in [-0.4, -0.2) is 5.78 Å². The molecule has 1 unspecified atom stereocenters. The van der Waals surface area contributed by atoms with Crippen LogP contribution >= 0.6 is 0 Å². The molecule has 1 aromatic rings. The van der Waals surface area contributed by atoms with Gasteiger partial charge in [-0.1, -0.05) is 58.9 Å². The van der Waals surface area contributed by atoms with Crippen LogP contribution in [0.1, 0.15) is 51.7 Å². The van der Waals surface area contributed by atoms with Crippen LogP contribution in [0, 0.1) is 11.8 Å². The van der Waals surface area contributed by atoms with Crippen LogP contribution in [0.5, 0.6) is 0 Å². The van der Waals surface area contributed by atoms with E-state index < -0.39 is 0 Å². The van der Waals surface area contributed by atoms with Crippen molar-refractivity contribution in [2.24, 2.45) is 11.8 Å². The Morgan fingerprint density at radius 2 is 1.53 bits per heavy atom. The van der Waals surface area contributed by atoms with Crippen molar-refractivity contribution >= 4 is 5.78 Å². The molecule has 0 heterocycles. The average molecular weight is 232 g/mol. The van der Waals surface area contributed by atoms with Crippen molar-refractivity contribution in [2.75, 3.05) is 0 Å². The molecule has 0 aliphatic heterocycles. The number of rotatable bonds is 5. The van der Waals surface area contributed by atoms with Crippen molar-refractivity contribution in [3.05, 3.63) is 35.4 Å². The third-order valence-electron chi connectivity index (χ3n) is 3.53. The summed E-state index contributed by atoms with van der Waals surface area (Å²) >= 11 is 0. The number of benzene rings is 1. The van der Waals surface area contributed by atoms with E-state index in [1.807, 2.05) is 6.92 Å². The highest BCUT2D eigenvalue weighted by atomic mass is 16.1. The highest BCUT2D eigenvalue weighted by molar-refractivity contribution is 5.83. The molecule has 0 bridgehead atoms. The van der Waals surface area contributed by atoms with E-state index in [1.54, 1.807) is 0 Å². The van der Waals surface area contributed by atoms with Gasteiger partial charge in [-0.05, 0) is 23.0 Å². The molecule has 0 aliphatic carbocycles. The van der Waals surface area contributed by atoms with Crippen LogP contribution in [0.2, 0.25) is 0 Å². The van der Waals surface area contributed by atoms with E-state index >= 15 is 0 Å². The highest BCUT2D eigenvalue weighted by Gasteiger charge is 2.16. The molecule has 1 heteroatoms. The number of Topliss-reactive ketones (excluding diaryl/α,β-unsaturated/α-hetero) is 1. The van der Waals surface area contributed by atoms with Gasteiger partial charge in [0.15, 0.2) is 0 Å². The first-order chi connectivity index (χ1) is 7.91. The summed E-state index contributed by atoms with van der Waals surface area (Å²) in [5.41, 5.74) is 2.46. The van der Waals surface area contributed by atoms with Gasteiger partial charge in [-0.15, -0.1) is 0 Å².